The molecular weight excluding hydrogens is 205 g/mol. The van der Waals surface area contributed by atoms with Gasteiger partial charge in [-0.3, -0.25) is 0 Å². The summed E-state index contributed by atoms with van der Waals surface area (Å²) in [6.07, 6.45) is -1.44. The Kier molecular flexibility index (Phi) is 2.22. The van der Waals surface area contributed by atoms with E-state index < -0.39 is 11.7 Å². The second-order valence-electron chi connectivity index (χ2n) is 2.97. The summed E-state index contributed by atoms with van der Waals surface area (Å²) in [6.45, 7) is 0. The van der Waals surface area contributed by atoms with Crippen molar-refractivity contribution in [2.24, 2.45) is 0 Å². The SMILES string of the molecule is FC(F)(F)c1ccccc1-n1cccn1. The van der Waals surface area contributed by atoms with Crippen LogP contribution in [0.15, 0.2) is 42.7 Å². The molecule has 0 aliphatic rings. The molecule has 0 fully saturated rings. The van der Waals surface area contributed by atoms with Gasteiger partial charge >= 0.3 is 6.18 Å². The molecular formula is C10H7F3N2. The fraction of sp³-hybridized carbons (Fsp3) is 0.100. The molecule has 78 valence electrons. The summed E-state index contributed by atoms with van der Waals surface area (Å²) in [4.78, 5) is 0. The van der Waals surface area contributed by atoms with Gasteiger partial charge < -0.3 is 0 Å². The van der Waals surface area contributed by atoms with Gasteiger partial charge in [-0.2, -0.15) is 18.3 Å². The third-order valence-corrected chi connectivity index (χ3v) is 1.96. The van der Waals surface area contributed by atoms with Crippen molar-refractivity contribution >= 4 is 0 Å². The molecule has 2 nitrogen and oxygen atoms in total. The molecule has 0 N–H and O–H groups in total. The highest BCUT2D eigenvalue weighted by molar-refractivity contribution is 5.41. The Morgan fingerprint density at radius 2 is 1.80 bits per heavy atom. The molecule has 0 aliphatic carbocycles. The molecule has 2 rings (SSSR count). The molecule has 1 heterocycles. The number of nitrogens with zero attached hydrogens (tertiary/aromatic N) is 2. The van der Waals surface area contributed by atoms with Crippen LogP contribution >= 0.6 is 0 Å². The Bertz CT molecular complexity index is 446. The number of benzene rings is 1. The van der Waals surface area contributed by atoms with Crippen molar-refractivity contribution in [3.63, 3.8) is 0 Å². The van der Waals surface area contributed by atoms with E-state index >= 15 is 0 Å². The van der Waals surface area contributed by atoms with Crippen molar-refractivity contribution in [3.05, 3.63) is 48.3 Å². The highest BCUT2D eigenvalue weighted by atomic mass is 19.4. The van der Waals surface area contributed by atoms with Gasteiger partial charge in [0.15, 0.2) is 0 Å². The van der Waals surface area contributed by atoms with E-state index in [0.29, 0.717) is 0 Å². The van der Waals surface area contributed by atoms with E-state index in [-0.39, 0.29) is 5.69 Å². The van der Waals surface area contributed by atoms with Crippen molar-refractivity contribution in [3.8, 4) is 5.69 Å². The Labute approximate surface area is 84.0 Å². The predicted molar refractivity (Wildman–Crippen MR) is 48.6 cm³/mol. The fourth-order valence-corrected chi connectivity index (χ4v) is 1.32. The first-order chi connectivity index (χ1) is 7.09. The van der Waals surface area contributed by atoms with Crippen molar-refractivity contribution in [2.45, 2.75) is 6.18 Å². The molecule has 0 saturated carbocycles. The third kappa shape index (κ3) is 1.86. The summed E-state index contributed by atoms with van der Waals surface area (Å²) < 4.78 is 39.0. The topological polar surface area (TPSA) is 17.8 Å². The minimum absolute atomic E-state index is 0.0370. The molecule has 0 radical (unpaired) electrons. The summed E-state index contributed by atoms with van der Waals surface area (Å²) in [5.41, 5.74) is -0.649. The van der Waals surface area contributed by atoms with Crippen LogP contribution in [0.25, 0.3) is 5.69 Å². The quantitative estimate of drug-likeness (QED) is 0.710. The van der Waals surface area contributed by atoms with Crippen LogP contribution < -0.4 is 0 Å². The van der Waals surface area contributed by atoms with Crippen LogP contribution in [0.5, 0.6) is 0 Å². The fourth-order valence-electron chi connectivity index (χ4n) is 1.32. The smallest absolute Gasteiger partial charge is 0.240 e. The summed E-state index contributed by atoms with van der Waals surface area (Å²) in [5.74, 6) is 0. The average molecular weight is 212 g/mol. The van der Waals surface area contributed by atoms with Crippen molar-refractivity contribution in [1.29, 1.82) is 0 Å². The largest absolute Gasteiger partial charge is 0.418 e. The highest BCUT2D eigenvalue weighted by Crippen LogP contribution is 2.33. The second-order valence-corrected chi connectivity index (χ2v) is 2.97. The Morgan fingerprint density at radius 1 is 1.07 bits per heavy atom. The molecule has 0 saturated heterocycles. The normalized spacial score (nSPS) is 11.7. The average Bonchev–Trinajstić information content (AvgIpc) is 2.69. The molecule has 1 aromatic carbocycles. The van der Waals surface area contributed by atoms with E-state index in [2.05, 4.69) is 5.10 Å². The lowest BCUT2D eigenvalue weighted by atomic mass is 10.2. The molecule has 0 amide bonds. The van der Waals surface area contributed by atoms with E-state index in [9.17, 15) is 13.2 Å². The van der Waals surface area contributed by atoms with Crippen LogP contribution in [0.4, 0.5) is 13.2 Å². The van der Waals surface area contributed by atoms with Gasteiger partial charge in [0.2, 0.25) is 0 Å². The first-order valence-corrected chi connectivity index (χ1v) is 4.25. The number of rotatable bonds is 1. The van der Waals surface area contributed by atoms with E-state index in [0.717, 1.165) is 6.07 Å². The lowest BCUT2D eigenvalue weighted by molar-refractivity contribution is -0.137. The van der Waals surface area contributed by atoms with Crippen LogP contribution in [0, 0.1) is 0 Å². The van der Waals surface area contributed by atoms with Crippen molar-refractivity contribution < 1.29 is 13.2 Å². The van der Waals surface area contributed by atoms with Crippen LogP contribution in [0.2, 0.25) is 0 Å². The maximum Gasteiger partial charge on any atom is 0.418 e. The van der Waals surface area contributed by atoms with Crippen LogP contribution in [-0.4, -0.2) is 9.78 Å². The molecule has 0 spiro atoms. The minimum Gasteiger partial charge on any atom is -0.240 e. The van der Waals surface area contributed by atoms with Gasteiger partial charge in [-0.1, -0.05) is 12.1 Å². The lowest BCUT2D eigenvalue weighted by Gasteiger charge is -2.11. The molecule has 1 aromatic heterocycles. The zero-order chi connectivity index (χ0) is 10.9. The molecule has 0 unspecified atom stereocenters. The van der Waals surface area contributed by atoms with Gasteiger partial charge in [-0.25, -0.2) is 4.68 Å². The summed E-state index contributed by atoms with van der Waals surface area (Å²) in [5, 5.41) is 3.78. The van der Waals surface area contributed by atoms with Crippen molar-refractivity contribution in [2.75, 3.05) is 0 Å². The van der Waals surface area contributed by atoms with Gasteiger partial charge in [-0.05, 0) is 18.2 Å². The number of hydrogen-bond donors (Lipinski definition) is 0. The molecule has 0 atom stereocenters. The Morgan fingerprint density at radius 3 is 2.40 bits per heavy atom. The molecule has 2 aromatic rings. The number of para-hydroxylation sites is 1. The highest BCUT2D eigenvalue weighted by Gasteiger charge is 2.33. The lowest BCUT2D eigenvalue weighted by Crippen LogP contribution is -2.10. The van der Waals surface area contributed by atoms with E-state index in [1.54, 1.807) is 12.1 Å². The monoisotopic (exact) mass is 212 g/mol. The Balaban J connectivity index is 2.58. The van der Waals surface area contributed by atoms with Crippen LogP contribution in [0.3, 0.4) is 0 Å². The summed E-state index contributed by atoms with van der Waals surface area (Å²) >= 11 is 0. The van der Waals surface area contributed by atoms with Crippen molar-refractivity contribution in [1.82, 2.24) is 9.78 Å². The number of hydrogen-bond acceptors (Lipinski definition) is 1. The third-order valence-electron chi connectivity index (χ3n) is 1.96. The van der Waals surface area contributed by atoms with E-state index in [1.807, 2.05) is 0 Å². The maximum absolute atomic E-state index is 12.6. The number of halogens is 3. The van der Waals surface area contributed by atoms with Gasteiger partial charge in [0, 0.05) is 12.4 Å². The first kappa shape index (κ1) is 9.76. The Hall–Kier alpha value is -1.78. The van der Waals surface area contributed by atoms with E-state index in [1.165, 1.54) is 29.2 Å². The summed E-state index contributed by atoms with van der Waals surface area (Å²) in [7, 11) is 0. The number of alkyl halides is 3. The second kappa shape index (κ2) is 3.42. The number of aromatic nitrogens is 2. The van der Waals surface area contributed by atoms with Crippen LogP contribution in [0.1, 0.15) is 5.56 Å². The summed E-state index contributed by atoms with van der Waals surface area (Å²) in [6, 6.07) is 6.90. The van der Waals surface area contributed by atoms with Gasteiger partial charge in [0.05, 0.1) is 11.3 Å². The zero-order valence-corrected chi connectivity index (χ0v) is 7.57. The van der Waals surface area contributed by atoms with Gasteiger partial charge in [0.1, 0.15) is 0 Å². The maximum atomic E-state index is 12.6. The van der Waals surface area contributed by atoms with Crippen LogP contribution in [-0.2, 0) is 6.18 Å². The standard InChI is InChI=1S/C10H7F3N2/c11-10(12,13)8-4-1-2-5-9(8)15-7-3-6-14-15/h1-7H. The van der Waals surface area contributed by atoms with Gasteiger partial charge in [0.25, 0.3) is 0 Å². The molecule has 0 aliphatic heterocycles. The van der Waals surface area contributed by atoms with E-state index in [4.69, 9.17) is 0 Å². The minimum atomic E-state index is -4.36. The molecule has 15 heavy (non-hydrogen) atoms. The molecule has 0 bridgehead atoms. The predicted octanol–water partition coefficient (Wildman–Crippen LogP) is 2.89. The zero-order valence-electron chi connectivity index (χ0n) is 7.57. The molecule has 5 heteroatoms. The van der Waals surface area contributed by atoms with Gasteiger partial charge in [-0.15, -0.1) is 0 Å². The first-order valence-electron chi connectivity index (χ1n) is 4.25.